The molecule has 0 amide bonds. The van der Waals surface area contributed by atoms with Gasteiger partial charge >= 0.3 is 5.97 Å². The van der Waals surface area contributed by atoms with E-state index in [2.05, 4.69) is 0 Å². The highest BCUT2D eigenvalue weighted by molar-refractivity contribution is 7.46. The van der Waals surface area contributed by atoms with E-state index in [-0.39, 0.29) is 0 Å². The fraction of sp³-hybridized carbons (Fsp3) is 0.875. The van der Waals surface area contributed by atoms with Crippen molar-refractivity contribution in [1.82, 2.24) is 0 Å². The van der Waals surface area contributed by atoms with Crippen LogP contribution in [0, 0.1) is 0 Å². The Hall–Kier alpha value is -0.220. The summed E-state index contributed by atoms with van der Waals surface area (Å²) in [5.41, 5.74) is 5.30. The number of carboxylic acids is 1. The van der Waals surface area contributed by atoms with Crippen LogP contribution < -0.4 is 5.73 Å². The predicted molar refractivity (Wildman–Crippen MR) is 55.1 cm³/mol. The average molecular weight is 223 g/mol. The van der Waals surface area contributed by atoms with E-state index < -0.39 is 20.4 Å². The summed E-state index contributed by atoms with van der Waals surface area (Å²) in [4.78, 5) is 19.6. The minimum Gasteiger partial charge on any atom is -0.480 e. The number of carbonyl (C=O) groups is 1. The van der Waals surface area contributed by atoms with Crippen molar-refractivity contribution in [2.75, 3.05) is 12.8 Å². The summed E-state index contributed by atoms with van der Waals surface area (Å²) in [7, 11) is -1.32. The second kappa shape index (κ2) is 8.12. The van der Waals surface area contributed by atoms with Crippen molar-refractivity contribution in [1.29, 1.82) is 0 Å². The van der Waals surface area contributed by atoms with Gasteiger partial charge in [-0.2, -0.15) is 0 Å². The smallest absolute Gasteiger partial charge is 0.320 e. The molecule has 0 saturated heterocycles. The number of aliphatic carboxylic acids is 1. The fourth-order valence-electron chi connectivity index (χ4n) is 0.948. The van der Waals surface area contributed by atoms with Gasteiger partial charge in [0, 0.05) is 6.16 Å². The van der Waals surface area contributed by atoms with Gasteiger partial charge in [0.2, 0.25) is 0 Å². The molecule has 0 fully saturated rings. The van der Waals surface area contributed by atoms with Crippen molar-refractivity contribution in [3.63, 3.8) is 0 Å². The van der Waals surface area contributed by atoms with Crippen LogP contribution in [0.3, 0.4) is 0 Å². The highest BCUT2D eigenvalue weighted by Crippen LogP contribution is 2.32. The van der Waals surface area contributed by atoms with Crippen LogP contribution in [0.2, 0.25) is 0 Å². The van der Waals surface area contributed by atoms with Crippen LogP contribution in [-0.4, -0.2) is 34.8 Å². The monoisotopic (exact) mass is 223 g/mol. The lowest BCUT2D eigenvalue weighted by atomic mass is 10.1. The molecule has 0 aliphatic heterocycles. The summed E-state index contributed by atoms with van der Waals surface area (Å²) in [6.45, 7) is 2.34. The molecule has 0 aliphatic rings. The van der Waals surface area contributed by atoms with Gasteiger partial charge in [-0.25, -0.2) is 0 Å². The lowest BCUT2D eigenvalue weighted by Gasteiger charge is -2.09. The molecule has 0 aliphatic carbocycles. The van der Waals surface area contributed by atoms with Gasteiger partial charge in [-0.15, -0.1) is 0 Å². The number of unbranched alkanes of at least 4 members (excludes halogenated alkanes) is 1. The van der Waals surface area contributed by atoms with Crippen LogP contribution >= 0.6 is 8.38 Å². The summed E-state index contributed by atoms with van der Waals surface area (Å²) in [6, 6.07) is -0.785. The van der Waals surface area contributed by atoms with E-state index in [1.165, 1.54) is 0 Å². The Balaban J connectivity index is 3.33. The largest absolute Gasteiger partial charge is 0.480 e. The molecule has 0 aromatic heterocycles. The Morgan fingerprint density at radius 3 is 2.71 bits per heavy atom. The normalized spacial score (nSPS) is 15.1. The number of rotatable bonds is 8. The lowest BCUT2D eigenvalue weighted by molar-refractivity contribution is -0.138. The standard InChI is InChI=1S/C8H18NO4P/c1-2-13-14(12)6-4-3-5-7(9)8(10)11/h7,12H,2-6,9H2,1H3,(H,10,11). The quantitative estimate of drug-likeness (QED) is 0.420. The second-order valence-corrected chi connectivity index (χ2v) is 4.34. The van der Waals surface area contributed by atoms with Crippen LogP contribution in [0.5, 0.6) is 0 Å². The first kappa shape index (κ1) is 13.8. The third-order valence-corrected chi connectivity index (χ3v) is 2.96. The Morgan fingerprint density at radius 1 is 1.57 bits per heavy atom. The maximum Gasteiger partial charge on any atom is 0.320 e. The maximum absolute atomic E-state index is 10.3. The van der Waals surface area contributed by atoms with E-state index in [1.54, 1.807) is 0 Å². The molecule has 0 saturated carbocycles. The van der Waals surface area contributed by atoms with Crippen molar-refractivity contribution in [2.24, 2.45) is 5.73 Å². The molecule has 0 heterocycles. The second-order valence-electron chi connectivity index (χ2n) is 2.93. The van der Waals surface area contributed by atoms with Crippen molar-refractivity contribution >= 4 is 14.3 Å². The molecule has 0 spiro atoms. The Bertz CT molecular complexity index is 167. The van der Waals surface area contributed by atoms with Gasteiger partial charge in [0.1, 0.15) is 6.04 Å². The van der Waals surface area contributed by atoms with Crippen molar-refractivity contribution in [3.8, 4) is 0 Å². The zero-order chi connectivity index (χ0) is 11.0. The highest BCUT2D eigenvalue weighted by atomic mass is 31.2. The Labute approximate surface area is 85.2 Å². The van der Waals surface area contributed by atoms with Gasteiger partial charge in [-0.3, -0.25) is 4.79 Å². The van der Waals surface area contributed by atoms with Crippen molar-refractivity contribution < 1.29 is 19.3 Å². The molecule has 2 atom stereocenters. The Kier molecular flexibility index (Phi) is 7.99. The Morgan fingerprint density at radius 2 is 2.21 bits per heavy atom. The third kappa shape index (κ3) is 7.21. The van der Waals surface area contributed by atoms with Crippen molar-refractivity contribution in [2.45, 2.75) is 32.2 Å². The number of hydrogen-bond acceptors (Lipinski definition) is 4. The van der Waals surface area contributed by atoms with Crippen molar-refractivity contribution in [3.05, 3.63) is 0 Å². The number of carboxylic acid groups (broad SMARTS) is 1. The minimum atomic E-state index is -1.32. The maximum atomic E-state index is 10.3. The molecular formula is C8H18NO4P. The molecule has 2 unspecified atom stereocenters. The molecule has 84 valence electrons. The zero-order valence-electron chi connectivity index (χ0n) is 8.35. The van der Waals surface area contributed by atoms with Gasteiger partial charge in [-0.05, 0) is 19.8 Å². The average Bonchev–Trinajstić information content (AvgIpc) is 2.12. The van der Waals surface area contributed by atoms with Gasteiger partial charge in [0.15, 0.2) is 8.38 Å². The van der Waals surface area contributed by atoms with Gasteiger partial charge in [0.05, 0.1) is 6.61 Å². The zero-order valence-corrected chi connectivity index (χ0v) is 9.24. The van der Waals surface area contributed by atoms with E-state index in [4.69, 9.17) is 15.4 Å². The van der Waals surface area contributed by atoms with Gasteiger partial charge in [-0.1, -0.05) is 6.42 Å². The third-order valence-electron chi connectivity index (χ3n) is 1.71. The van der Waals surface area contributed by atoms with Crippen LogP contribution in [0.1, 0.15) is 26.2 Å². The topological polar surface area (TPSA) is 92.8 Å². The fourth-order valence-corrected chi connectivity index (χ4v) is 1.87. The molecule has 0 rings (SSSR count). The summed E-state index contributed by atoms with van der Waals surface area (Å²) in [5.74, 6) is -0.971. The lowest BCUT2D eigenvalue weighted by Crippen LogP contribution is -2.29. The molecule has 0 aromatic carbocycles. The predicted octanol–water partition coefficient (Wildman–Crippen LogP) is 0.909. The summed E-state index contributed by atoms with van der Waals surface area (Å²) in [5, 5.41) is 8.48. The van der Waals surface area contributed by atoms with Crippen LogP contribution in [0.15, 0.2) is 0 Å². The first-order valence-electron chi connectivity index (χ1n) is 4.65. The van der Waals surface area contributed by atoms with E-state index in [1.807, 2.05) is 6.92 Å². The summed E-state index contributed by atoms with van der Waals surface area (Å²) >= 11 is 0. The number of hydrogen-bond donors (Lipinski definition) is 3. The minimum absolute atomic E-state index is 0.449. The van der Waals surface area contributed by atoms with Crippen LogP contribution in [0.4, 0.5) is 0 Å². The molecule has 6 heteroatoms. The van der Waals surface area contributed by atoms with E-state index >= 15 is 0 Å². The SMILES string of the molecule is CCOP(O)CCCCC(N)C(=O)O. The first-order chi connectivity index (χ1) is 6.57. The molecule has 0 aromatic rings. The van der Waals surface area contributed by atoms with E-state index in [0.717, 1.165) is 6.42 Å². The molecule has 0 bridgehead atoms. The summed E-state index contributed by atoms with van der Waals surface area (Å²) < 4.78 is 4.97. The van der Waals surface area contributed by atoms with E-state index in [0.29, 0.717) is 25.6 Å². The molecular weight excluding hydrogens is 205 g/mol. The molecule has 0 radical (unpaired) electrons. The molecule has 4 N–H and O–H groups in total. The van der Waals surface area contributed by atoms with Crippen LogP contribution in [-0.2, 0) is 9.32 Å². The van der Waals surface area contributed by atoms with Crippen LogP contribution in [0.25, 0.3) is 0 Å². The highest BCUT2D eigenvalue weighted by Gasteiger charge is 2.11. The molecule has 14 heavy (non-hydrogen) atoms. The first-order valence-corrected chi connectivity index (χ1v) is 6.05. The van der Waals surface area contributed by atoms with Gasteiger partial charge < -0.3 is 20.3 Å². The summed E-state index contributed by atoms with van der Waals surface area (Å²) in [6.07, 6.45) is 2.50. The molecule has 5 nitrogen and oxygen atoms in total. The number of nitrogens with two attached hydrogens (primary N) is 1. The van der Waals surface area contributed by atoms with Gasteiger partial charge in [0.25, 0.3) is 0 Å². The van der Waals surface area contributed by atoms with E-state index in [9.17, 15) is 9.69 Å².